The summed E-state index contributed by atoms with van der Waals surface area (Å²) >= 11 is 12.7. The minimum Gasteiger partial charge on any atom is -0.489 e. The van der Waals surface area contributed by atoms with E-state index in [-0.39, 0.29) is 48.0 Å². The van der Waals surface area contributed by atoms with Crippen LogP contribution in [0.25, 0.3) is 0 Å². The Kier molecular flexibility index (Phi) is 10.8. The molecule has 3 aromatic carbocycles. The number of likely N-dealkylation sites (tertiary alicyclic amines) is 1. The second-order valence-electron chi connectivity index (χ2n) is 13.6. The van der Waals surface area contributed by atoms with E-state index in [2.05, 4.69) is 16.9 Å². The molecule has 3 aliphatic rings. The summed E-state index contributed by atoms with van der Waals surface area (Å²) in [4.78, 5) is 15.7. The number of hydrogen-bond donors (Lipinski definition) is 1. The SMILES string of the molecule is CS(=O)(=O)N[C@@H]1CCCN(C(=O)CC2CC(CS(=O)(=O)c3ccccc3)C3c4ccc(OCc5c(Cl)cccc5Cl)cc4CC[C@H]3C2)C1. The third-order valence-electron chi connectivity index (χ3n) is 10.1. The van der Waals surface area contributed by atoms with Crippen LogP contribution in [-0.4, -0.2) is 58.8 Å². The number of carbonyl (C=O) groups excluding carboxylic acids is 1. The van der Waals surface area contributed by atoms with E-state index in [4.69, 9.17) is 27.9 Å². The van der Waals surface area contributed by atoms with Crippen molar-refractivity contribution in [2.45, 2.75) is 68.4 Å². The number of carbonyl (C=O) groups is 1. The van der Waals surface area contributed by atoms with Crippen LogP contribution in [0.15, 0.2) is 71.6 Å². The molecule has 258 valence electrons. The van der Waals surface area contributed by atoms with Crippen molar-refractivity contribution in [3.05, 3.63) is 93.5 Å². The number of nitrogens with one attached hydrogen (secondary N) is 1. The van der Waals surface area contributed by atoms with Gasteiger partial charge in [-0.2, -0.15) is 0 Å². The van der Waals surface area contributed by atoms with Crippen LogP contribution in [0.3, 0.4) is 0 Å². The highest BCUT2D eigenvalue weighted by molar-refractivity contribution is 7.91. The number of rotatable bonds is 10. The number of piperidine rings is 1. The molecule has 48 heavy (non-hydrogen) atoms. The Balaban J connectivity index is 1.22. The highest BCUT2D eigenvalue weighted by Gasteiger charge is 2.44. The van der Waals surface area contributed by atoms with Crippen LogP contribution in [-0.2, 0) is 37.7 Å². The molecule has 1 aliphatic heterocycles. The van der Waals surface area contributed by atoms with E-state index in [1.165, 1.54) is 0 Å². The zero-order chi connectivity index (χ0) is 34.1. The van der Waals surface area contributed by atoms with Gasteiger partial charge in [-0.3, -0.25) is 4.79 Å². The number of benzene rings is 3. The van der Waals surface area contributed by atoms with Crippen molar-refractivity contribution in [1.82, 2.24) is 9.62 Å². The zero-order valence-corrected chi connectivity index (χ0v) is 30.1. The summed E-state index contributed by atoms with van der Waals surface area (Å²) in [5.74, 6) is 0.901. The lowest BCUT2D eigenvalue weighted by atomic mass is 9.60. The number of amides is 1. The molecular formula is C36H42Cl2N2O6S2. The van der Waals surface area contributed by atoms with Gasteiger partial charge >= 0.3 is 0 Å². The Morgan fingerprint density at radius 1 is 0.958 bits per heavy atom. The van der Waals surface area contributed by atoms with Gasteiger partial charge in [-0.05, 0) is 110 Å². The summed E-state index contributed by atoms with van der Waals surface area (Å²) < 4.78 is 60.0. The molecule has 12 heteroatoms. The van der Waals surface area contributed by atoms with Crippen LogP contribution >= 0.6 is 23.2 Å². The summed E-state index contributed by atoms with van der Waals surface area (Å²) in [6.07, 6.45) is 6.12. The van der Waals surface area contributed by atoms with Gasteiger partial charge in [-0.15, -0.1) is 0 Å². The average molecular weight is 734 g/mol. The van der Waals surface area contributed by atoms with Crippen LogP contribution < -0.4 is 9.46 Å². The molecule has 0 aromatic heterocycles. The number of sulfone groups is 1. The fourth-order valence-electron chi connectivity index (χ4n) is 8.14. The molecule has 1 amide bonds. The Hall–Kier alpha value is -2.63. The highest BCUT2D eigenvalue weighted by Crippen LogP contribution is 2.52. The first kappa shape index (κ1) is 35.2. The second-order valence-corrected chi connectivity index (χ2v) is 18.3. The van der Waals surface area contributed by atoms with Crippen molar-refractivity contribution in [2.24, 2.45) is 17.8 Å². The number of fused-ring (bicyclic) bond motifs is 3. The molecule has 1 saturated carbocycles. The highest BCUT2D eigenvalue weighted by atomic mass is 35.5. The Bertz CT molecular complexity index is 1830. The molecule has 3 unspecified atom stereocenters. The largest absolute Gasteiger partial charge is 0.489 e. The monoisotopic (exact) mass is 732 g/mol. The first-order valence-electron chi connectivity index (χ1n) is 16.6. The molecule has 8 nitrogen and oxygen atoms in total. The molecule has 3 aromatic rings. The molecule has 1 saturated heterocycles. The normalized spacial score (nSPS) is 24.4. The zero-order valence-electron chi connectivity index (χ0n) is 27.0. The van der Waals surface area contributed by atoms with E-state index in [0.29, 0.717) is 53.0 Å². The van der Waals surface area contributed by atoms with E-state index in [0.717, 1.165) is 48.6 Å². The van der Waals surface area contributed by atoms with E-state index in [1.54, 1.807) is 47.4 Å². The van der Waals surface area contributed by atoms with Crippen LogP contribution in [0, 0.1) is 17.8 Å². The Morgan fingerprint density at radius 3 is 2.44 bits per heavy atom. The fraction of sp³-hybridized carbons (Fsp3) is 0.472. The van der Waals surface area contributed by atoms with Crippen LogP contribution in [0.1, 0.15) is 61.1 Å². The standard InChI is InChI=1S/C36H42Cl2N2O6S2/c1-47(42,43)39-28-7-6-16-40(21-28)35(41)19-24-17-26-13-12-25-20-29(46-22-32-33(37)10-5-11-34(32)38)14-15-31(25)36(26)27(18-24)23-48(44,45)30-8-3-2-4-9-30/h2-5,8-11,14-15,20,24,26-28,36,39H,6-7,12-13,16-19,21-23H2,1H3/t24?,26-,27?,28+,36?/m0/s1. The predicted octanol–water partition coefficient (Wildman–Crippen LogP) is 6.65. The van der Waals surface area contributed by atoms with Crippen LogP contribution in [0.2, 0.25) is 10.0 Å². The summed E-state index contributed by atoms with van der Waals surface area (Å²) in [7, 11) is -6.95. The van der Waals surface area contributed by atoms with E-state index in [1.807, 2.05) is 12.1 Å². The second kappa shape index (κ2) is 14.7. The fourth-order valence-corrected chi connectivity index (χ4v) is 11.1. The predicted molar refractivity (Wildman–Crippen MR) is 189 cm³/mol. The molecule has 2 aliphatic carbocycles. The van der Waals surface area contributed by atoms with Crippen LogP contribution in [0.4, 0.5) is 0 Å². The van der Waals surface area contributed by atoms with E-state index >= 15 is 0 Å². The summed E-state index contributed by atoms with van der Waals surface area (Å²) in [6.45, 7) is 1.20. The summed E-state index contributed by atoms with van der Waals surface area (Å²) in [5, 5.41) is 1.10. The van der Waals surface area contributed by atoms with E-state index in [9.17, 15) is 21.6 Å². The molecular weight excluding hydrogens is 691 g/mol. The number of halogens is 2. The van der Waals surface area contributed by atoms with Gasteiger partial charge in [-0.1, -0.05) is 53.5 Å². The van der Waals surface area contributed by atoms with Crippen molar-refractivity contribution < 1.29 is 26.4 Å². The first-order valence-corrected chi connectivity index (χ1v) is 20.9. The molecule has 1 heterocycles. The maximum Gasteiger partial charge on any atom is 0.222 e. The number of sulfonamides is 1. The smallest absolute Gasteiger partial charge is 0.222 e. The molecule has 0 bridgehead atoms. The molecule has 1 N–H and O–H groups in total. The van der Waals surface area contributed by atoms with Gasteiger partial charge < -0.3 is 9.64 Å². The van der Waals surface area contributed by atoms with Gasteiger partial charge in [0.15, 0.2) is 9.84 Å². The van der Waals surface area contributed by atoms with Gasteiger partial charge in [0.05, 0.1) is 16.9 Å². The maximum absolute atomic E-state index is 13.8. The van der Waals surface area contributed by atoms with Gasteiger partial charge in [0.2, 0.25) is 15.9 Å². The van der Waals surface area contributed by atoms with Crippen molar-refractivity contribution in [3.8, 4) is 5.75 Å². The average Bonchev–Trinajstić information content (AvgIpc) is 3.04. The van der Waals surface area contributed by atoms with Gasteiger partial charge in [0, 0.05) is 41.2 Å². The van der Waals surface area contributed by atoms with Crippen molar-refractivity contribution >= 4 is 49.0 Å². The van der Waals surface area contributed by atoms with Crippen molar-refractivity contribution in [3.63, 3.8) is 0 Å². The first-order chi connectivity index (χ1) is 22.9. The minimum atomic E-state index is -3.58. The Labute approximate surface area is 294 Å². The summed E-state index contributed by atoms with van der Waals surface area (Å²) in [6, 6.07) is 19.8. The molecule has 2 fully saturated rings. The topological polar surface area (TPSA) is 110 Å². The lowest BCUT2D eigenvalue weighted by Gasteiger charge is -2.46. The van der Waals surface area contributed by atoms with Gasteiger partial charge in [0.1, 0.15) is 12.4 Å². The minimum absolute atomic E-state index is 0.00956. The molecule has 5 atom stereocenters. The molecule has 0 spiro atoms. The maximum atomic E-state index is 13.8. The molecule has 6 rings (SSSR count). The number of ether oxygens (including phenoxy) is 1. The number of aryl methyl sites for hydroxylation is 1. The van der Waals surface area contributed by atoms with Crippen molar-refractivity contribution in [2.75, 3.05) is 25.1 Å². The van der Waals surface area contributed by atoms with Gasteiger partial charge in [-0.25, -0.2) is 21.6 Å². The number of hydrogen-bond acceptors (Lipinski definition) is 6. The summed E-state index contributed by atoms with van der Waals surface area (Å²) in [5.41, 5.74) is 3.05. The lowest BCUT2D eigenvalue weighted by molar-refractivity contribution is -0.134. The molecule has 0 radical (unpaired) electrons. The Morgan fingerprint density at radius 2 is 1.71 bits per heavy atom. The third kappa shape index (κ3) is 8.38. The van der Waals surface area contributed by atoms with E-state index < -0.39 is 19.9 Å². The third-order valence-corrected chi connectivity index (χ3v) is 13.5. The lowest BCUT2D eigenvalue weighted by Crippen LogP contribution is -2.50. The van der Waals surface area contributed by atoms with Crippen molar-refractivity contribution in [1.29, 1.82) is 0 Å². The van der Waals surface area contributed by atoms with Gasteiger partial charge in [0.25, 0.3) is 0 Å². The number of nitrogens with zero attached hydrogens (tertiary/aromatic N) is 1. The quantitative estimate of drug-likeness (QED) is 0.250. The van der Waals surface area contributed by atoms with Crippen LogP contribution in [0.5, 0.6) is 5.75 Å².